The van der Waals surface area contributed by atoms with Gasteiger partial charge in [0.15, 0.2) is 0 Å². The van der Waals surface area contributed by atoms with Gasteiger partial charge in [-0.05, 0) is 17.2 Å². The quantitative estimate of drug-likeness (QED) is 0.764. The molecule has 3 aromatic carbocycles. The Morgan fingerprint density at radius 3 is 1.96 bits per heavy atom. The van der Waals surface area contributed by atoms with Gasteiger partial charge in [-0.3, -0.25) is 9.79 Å². The van der Waals surface area contributed by atoms with E-state index in [0.29, 0.717) is 0 Å². The van der Waals surface area contributed by atoms with Crippen molar-refractivity contribution < 1.29 is 4.79 Å². The minimum atomic E-state index is -0.364. The summed E-state index contributed by atoms with van der Waals surface area (Å²) < 4.78 is 0. The van der Waals surface area contributed by atoms with Crippen LogP contribution in [0.3, 0.4) is 0 Å². The normalized spacial score (nSPS) is 11.8. The molecule has 1 aliphatic rings. The fourth-order valence-electron chi connectivity index (χ4n) is 2.75. The monoisotopic (exact) mass is 355 g/mol. The van der Waals surface area contributed by atoms with Gasteiger partial charge in [-0.2, -0.15) is 0 Å². The largest absolute Gasteiger partial charge is 0.368 e. The summed E-state index contributed by atoms with van der Waals surface area (Å²) in [6.07, 6.45) is 5.14. The molecule has 2 N–H and O–H groups in total. The summed E-state index contributed by atoms with van der Waals surface area (Å²) in [5.74, 6) is -0.364. The van der Waals surface area contributed by atoms with Crippen LogP contribution in [0.1, 0.15) is 5.56 Å². The van der Waals surface area contributed by atoms with Crippen LogP contribution in [0.4, 0.5) is 5.69 Å². The molecule has 4 rings (SSSR count). The Hall–Kier alpha value is -3.66. The van der Waals surface area contributed by atoms with Crippen LogP contribution in [0.25, 0.3) is 11.1 Å². The van der Waals surface area contributed by atoms with Crippen molar-refractivity contribution in [1.29, 1.82) is 0 Å². The maximum absolute atomic E-state index is 10.9. The second-order valence-electron chi connectivity index (χ2n) is 5.96. The number of amides is 1. The van der Waals surface area contributed by atoms with Crippen molar-refractivity contribution in [3.8, 4) is 11.1 Å². The standard InChI is InChI=1S/C12H10.C11H11N3O/c1-3-7-11(8-4-1)12-9-5-2-6-10-12;12-11(15)8-14-6-5-13-7-9-3-1-2-4-10(9)14/h1-10H;1-7H,8H2,(H2,12,15). The summed E-state index contributed by atoms with van der Waals surface area (Å²) in [7, 11) is 0. The van der Waals surface area contributed by atoms with Gasteiger partial charge in [0.1, 0.15) is 6.54 Å². The lowest BCUT2D eigenvalue weighted by Gasteiger charge is -2.19. The number of rotatable bonds is 3. The summed E-state index contributed by atoms with van der Waals surface area (Å²) in [6.45, 7) is 0.164. The highest BCUT2D eigenvalue weighted by Gasteiger charge is 2.10. The molecule has 0 unspecified atom stereocenters. The van der Waals surface area contributed by atoms with E-state index in [0.717, 1.165) is 11.3 Å². The van der Waals surface area contributed by atoms with Gasteiger partial charge in [-0.1, -0.05) is 78.9 Å². The maximum Gasteiger partial charge on any atom is 0.237 e. The van der Waals surface area contributed by atoms with Gasteiger partial charge in [-0.25, -0.2) is 0 Å². The molecule has 1 aliphatic heterocycles. The summed E-state index contributed by atoms with van der Waals surface area (Å²) in [5, 5.41) is 0. The number of para-hydroxylation sites is 1. The maximum atomic E-state index is 10.9. The highest BCUT2D eigenvalue weighted by atomic mass is 16.1. The number of hydrogen-bond acceptors (Lipinski definition) is 3. The first-order valence-electron chi connectivity index (χ1n) is 8.68. The van der Waals surface area contributed by atoms with Crippen molar-refractivity contribution in [1.82, 2.24) is 0 Å². The second-order valence-corrected chi connectivity index (χ2v) is 5.96. The minimum Gasteiger partial charge on any atom is -0.368 e. The van der Waals surface area contributed by atoms with Gasteiger partial charge in [0.25, 0.3) is 0 Å². The molecule has 0 fully saturated rings. The van der Waals surface area contributed by atoms with Crippen LogP contribution in [0.5, 0.6) is 0 Å². The number of benzene rings is 3. The molecule has 27 heavy (non-hydrogen) atoms. The van der Waals surface area contributed by atoms with E-state index in [1.807, 2.05) is 36.4 Å². The molecule has 1 amide bonds. The molecular formula is C23H21N3O. The lowest BCUT2D eigenvalue weighted by atomic mass is 10.1. The van der Waals surface area contributed by atoms with Crippen LogP contribution >= 0.6 is 0 Å². The van der Waals surface area contributed by atoms with Crippen LogP contribution in [0.2, 0.25) is 0 Å². The Kier molecular flexibility index (Phi) is 6.15. The Morgan fingerprint density at radius 1 is 0.815 bits per heavy atom. The molecule has 3 aromatic rings. The van der Waals surface area contributed by atoms with Gasteiger partial charge in [0.2, 0.25) is 5.91 Å². The van der Waals surface area contributed by atoms with E-state index in [4.69, 9.17) is 5.73 Å². The molecule has 0 atom stereocenters. The third-order valence-corrected chi connectivity index (χ3v) is 4.00. The number of nitrogens with zero attached hydrogens (tertiary/aromatic N) is 2. The number of primary amides is 1. The van der Waals surface area contributed by atoms with E-state index in [1.165, 1.54) is 11.1 Å². The van der Waals surface area contributed by atoms with E-state index >= 15 is 0 Å². The van der Waals surface area contributed by atoms with Gasteiger partial charge < -0.3 is 10.6 Å². The van der Waals surface area contributed by atoms with Crippen LogP contribution in [-0.4, -0.2) is 18.7 Å². The smallest absolute Gasteiger partial charge is 0.237 e. The van der Waals surface area contributed by atoms with E-state index < -0.39 is 0 Å². The molecule has 0 aliphatic carbocycles. The summed E-state index contributed by atoms with van der Waals surface area (Å²) in [6, 6.07) is 28.5. The highest BCUT2D eigenvalue weighted by molar-refractivity contribution is 5.91. The second kappa shape index (κ2) is 9.15. The molecule has 0 saturated heterocycles. The fourth-order valence-corrected chi connectivity index (χ4v) is 2.75. The van der Waals surface area contributed by atoms with Crippen LogP contribution in [-0.2, 0) is 4.79 Å². The average Bonchev–Trinajstić information content (AvgIpc) is 2.92. The topological polar surface area (TPSA) is 58.7 Å². The first kappa shape index (κ1) is 18.1. The van der Waals surface area contributed by atoms with E-state index in [1.54, 1.807) is 23.5 Å². The fraction of sp³-hybridized carbons (Fsp3) is 0.0435. The van der Waals surface area contributed by atoms with Crippen molar-refractivity contribution in [2.45, 2.75) is 0 Å². The molecule has 0 aromatic heterocycles. The molecule has 4 nitrogen and oxygen atoms in total. The number of nitrogens with two attached hydrogens (primary N) is 1. The zero-order valence-corrected chi connectivity index (χ0v) is 14.9. The van der Waals surface area contributed by atoms with Gasteiger partial charge >= 0.3 is 0 Å². The Labute approximate surface area is 159 Å². The molecule has 0 saturated carbocycles. The number of fused-ring (bicyclic) bond motifs is 1. The summed E-state index contributed by atoms with van der Waals surface area (Å²) >= 11 is 0. The number of aliphatic imine (C=N–C) groups is 1. The van der Waals surface area contributed by atoms with Crippen molar-refractivity contribution in [2.75, 3.05) is 11.4 Å². The summed E-state index contributed by atoms with van der Waals surface area (Å²) in [5.41, 5.74) is 9.64. The third-order valence-electron chi connectivity index (χ3n) is 4.00. The van der Waals surface area contributed by atoms with Crippen LogP contribution in [0.15, 0.2) is 102 Å². The zero-order chi connectivity index (χ0) is 18.9. The van der Waals surface area contributed by atoms with Gasteiger partial charge in [0, 0.05) is 24.2 Å². The van der Waals surface area contributed by atoms with E-state index in [9.17, 15) is 4.79 Å². The average molecular weight is 355 g/mol. The highest BCUT2D eigenvalue weighted by Crippen LogP contribution is 2.20. The lowest BCUT2D eigenvalue weighted by molar-refractivity contribution is -0.116. The third kappa shape index (κ3) is 5.16. The van der Waals surface area contributed by atoms with Gasteiger partial charge in [0.05, 0.1) is 5.69 Å². The lowest BCUT2D eigenvalue weighted by Crippen LogP contribution is -2.30. The van der Waals surface area contributed by atoms with Crippen molar-refractivity contribution in [3.05, 3.63) is 103 Å². The van der Waals surface area contributed by atoms with Crippen molar-refractivity contribution in [2.24, 2.45) is 10.7 Å². The van der Waals surface area contributed by atoms with Crippen molar-refractivity contribution >= 4 is 17.8 Å². The molecule has 0 bridgehead atoms. The molecule has 4 heteroatoms. The zero-order valence-electron chi connectivity index (χ0n) is 14.9. The predicted octanol–water partition coefficient (Wildman–Crippen LogP) is 4.24. The first-order valence-corrected chi connectivity index (χ1v) is 8.68. The molecule has 134 valence electrons. The van der Waals surface area contributed by atoms with E-state index in [2.05, 4.69) is 53.5 Å². The molecule has 1 heterocycles. The predicted molar refractivity (Wildman–Crippen MR) is 112 cm³/mol. The Bertz CT molecular complexity index is 897. The SMILES string of the molecule is NC(=O)CN1C=CN=Cc2ccccc21.c1ccc(-c2ccccc2)cc1. The number of carbonyl (C=O) groups is 1. The molecular weight excluding hydrogens is 334 g/mol. The van der Waals surface area contributed by atoms with Crippen molar-refractivity contribution in [3.63, 3.8) is 0 Å². The Morgan fingerprint density at radius 2 is 1.37 bits per heavy atom. The Balaban J connectivity index is 0.000000159. The van der Waals surface area contributed by atoms with E-state index in [-0.39, 0.29) is 12.5 Å². The van der Waals surface area contributed by atoms with Gasteiger partial charge in [-0.15, -0.1) is 0 Å². The summed E-state index contributed by atoms with van der Waals surface area (Å²) in [4.78, 5) is 16.7. The first-order chi connectivity index (χ1) is 13.2. The number of carbonyl (C=O) groups excluding carboxylic acids is 1. The van der Waals surface area contributed by atoms with Crippen LogP contribution in [0, 0.1) is 0 Å². The number of anilines is 1. The minimum absolute atomic E-state index is 0.164. The number of hydrogen-bond donors (Lipinski definition) is 1. The molecule has 0 radical (unpaired) electrons. The molecule has 0 spiro atoms. The van der Waals surface area contributed by atoms with Crippen LogP contribution < -0.4 is 10.6 Å².